The van der Waals surface area contributed by atoms with Gasteiger partial charge in [0.05, 0.1) is 11.1 Å². The molecule has 36 heavy (non-hydrogen) atoms. The molecule has 4 amide bonds. The number of nitrogens with zero attached hydrogens (tertiary/aromatic N) is 1. The lowest BCUT2D eigenvalue weighted by Crippen LogP contribution is -2.52. The van der Waals surface area contributed by atoms with Crippen LogP contribution in [0.5, 0.6) is 0 Å². The Kier molecular flexibility index (Phi) is 8.94. The number of rotatable bonds is 12. The van der Waals surface area contributed by atoms with Crippen molar-refractivity contribution in [2.75, 3.05) is 6.54 Å². The molecule has 2 atom stereocenters. The molecule has 0 bridgehead atoms. The summed E-state index contributed by atoms with van der Waals surface area (Å²) in [5.74, 6) is -2.85. The highest BCUT2D eigenvalue weighted by Gasteiger charge is 2.34. The zero-order chi connectivity index (χ0) is 26.2. The van der Waals surface area contributed by atoms with Gasteiger partial charge in [-0.2, -0.15) is 0 Å². The molecule has 190 valence electrons. The summed E-state index contributed by atoms with van der Waals surface area (Å²) >= 11 is 0. The molecular formula is C27H31N3O6. The molecule has 0 spiro atoms. The smallest absolute Gasteiger partial charge is 0.326 e. The maximum absolute atomic E-state index is 12.9. The molecule has 0 saturated heterocycles. The third kappa shape index (κ3) is 6.78. The first-order valence-electron chi connectivity index (χ1n) is 12.0. The predicted molar refractivity (Wildman–Crippen MR) is 132 cm³/mol. The van der Waals surface area contributed by atoms with Gasteiger partial charge in [-0.25, -0.2) is 4.79 Å². The summed E-state index contributed by atoms with van der Waals surface area (Å²) in [4.78, 5) is 63.3. The van der Waals surface area contributed by atoms with Crippen molar-refractivity contribution in [1.82, 2.24) is 15.5 Å². The third-order valence-corrected chi connectivity index (χ3v) is 5.92. The van der Waals surface area contributed by atoms with E-state index in [9.17, 15) is 29.1 Å². The van der Waals surface area contributed by atoms with E-state index in [1.54, 1.807) is 48.5 Å². The van der Waals surface area contributed by atoms with Crippen molar-refractivity contribution in [3.63, 3.8) is 0 Å². The predicted octanol–water partition coefficient (Wildman–Crippen LogP) is 2.41. The molecule has 9 heteroatoms. The van der Waals surface area contributed by atoms with E-state index in [-0.39, 0.29) is 43.5 Å². The molecule has 1 heterocycles. The number of carbonyl (C=O) groups excluding carboxylic acids is 4. The topological polar surface area (TPSA) is 133 Å². The van der Waals surface area contributed by atoms with Crippen LogP contribution in [0.15, 0.2) is 54.6 Å². The van der Waals surface area contributed by atoms with Gasteiger partial charge >= 0.3 is 5.97 Å². The normalized spacial score (nSPS) is 14.4. The number of hydrogen-bond acceptors (Lipinski definition) is 5. The van der Waals surface area contributed by atoms with Crippen LogP contribution in [0.3, 0.4) is 0 Å². The summed E-state index contributed by atoms with van der Waals surface area (Å²) < 4.78 is 0. The molecule has 2 aromatic rings. The van der Waals surface area contributed by atoms with E-state index in [2.05, 4.69) is 10.6 Å². The number of aliphatic carboxylic acids is 1. The average Bonchev–Trinajstić information content (AvgIpc) is 3.08. The van der Waals surface area contributed by atoms with Crippen molar-refractivity contribution in [3.05, 3.63) is 71.3 Å². The van der Waals surface area contributed by atoms with Gasteiger partial charge in [0, 0.05) is 19.4 Å². The Morgan fingerprint density at radius 3 is 2.00 bits per heavy atom. The van der Waals surface area contributed by atoms with E-state index >= 15 is 0 Å². The zero-order valence-corrected chi connectivity index (χ0v) is 20.4. The molecule has 0 fully saturated rings. The fraction of sp³-hybridized carbons (Fsp3) is 0.370. The number of carboxylic acid groups (broad SMARTS) is 1. The maximum atomic E-state index is 12.9. The second kappa shape index (κ2) is 12.1. The van der Waals surface area contributed by atoms with Gasteiger partial charge in [0.1, 0.15) is 12.1 Å². The second-order valence-corrected chi connectivity index (χ2v) is 9.25. The molecule has 0 radical (unpaired) electrons. The molecular weight excluding hydrogens is 462 g/mol. The van der Waals surface area contributed by atoms with E-state index in [4.69, 9.17) is 0 Å². The van der Waals surface area contributed by atoms with E-state index in [1.807, 2.05) is 19.9 Å². The first-order chi connectivity index (χ1) is 17.2. The highest BCUT2D eigenvalue weighted by atomic mass is 16.4. The highest BCUT2D eigenvalue weighted by molar-refractivity contribution is 6.21. The lowest BCUT2D eigenvalue weighted by molar-refractivity contribution is -0.142. The van der Waals surface area contributed by atoms with Crippen molar-refractivity contribution in [2.45, 2.75) is 51.6 Å². The van der Waals surface area contributed by atoms with Gasteiger partial charge in [-0.1, -0.05) is 56.3 Å². The number of imide groups is 1. The van der Waals surface area contributed by atoms with Gasteiger partial charge in [0.2, 0.25) is 11.8 Å². The molecule has 3 rings (SSSR count). The SMILES string of the molecule is CC(C)C[C@H](NC(=O)CCCN1C(=O)c2ccccc2C1=O)C(=O)N[C@@H](Cc1ccccc1)C(=O)O. The molecule has 0 aromatic heterocycles. The molecule has 9 nitrogen and oxygen atoms in total. The summed E-state index contributed by atoms with van der Waals surface area (Å²) in [5.41, 5.74) is 1.47. The van der Waals surface area contributed by atoms with Gasteiger partial charge in [-0.05, 0) is 36.5 Å². The van der Waals surface area contributed by atoms with Crippen LogP contribution in [0, 0.1) is 5.92 Å². The minimum absolute atomic E-state index is 0.00164. The Labute approximate surface area is 209 Å². The molecule has 0 aliphatic carbocycles. The van der Waals surface area contributed by atoms with Crippen LogP contribution in [0.4, 0.5) is 0 Å². The average molecular weight is 494 g/mol. The fourth-order valence-electron chi connectivity index (χ4n) is 4.13. The number of carboxylic acids is 1. The van der Waals surface area contributed by atoms with Crippen molar-refractivity contribution in [3.8, 4) is 0 Å². The lowest BCUT2D eigenvalue weighted by atomic mass is 10.0. The monoisotopic (exact) mass is 493 g/mol. The van der Waals surface area contributed by atoms with Gasteiger partial charge in [0.15, 0.2) is 0 Å². The van der Waals surface area contributed by atoms with Crippen LogP contribution in [0.25, 0.3) is 0 Å². The Bertz CT molecular complexity index is 1100. The number of nitrogens with one attached hydrogen (secondary N) is 2. The first-order valence-corrected chi connectivity index (χ1v) is 12.0. The second-order valence-electron chi connectivity index (χ2n) is 9.25. The summed E-state index contributed by atoms with van der Waals surface area (Å²) in [6.07, 6.45) is 0.679. The highest BCUT2D eigenvalue weighted by Crippen LogP contribution is 2.22. The molecule has 1 aliphatic heterocycles. The number of hydrogen-bond donors (Lipinski definition) is 3. The van der Waals surface area contributed by atoms with Crippen LogP contribution in [0.2, 0.25) is 0 Å². The van der Waals surface area contributed by atoms with Crippen molar-refractivity contribution in [2.24, 2.45) is 5.92 Å². The number of benzene rings is 2. The van der Waals surface area contributed by atoms with E-state index < -0.39 is 29.9 Å². The Hall–Kier alpha value is -4.01. The quantitative estimate of drug-likeness (QED) is 0.389. The number of carbonyl (C=O) groups is 5. The molecule has 0 saturated carbocycles. The van der Waals surface area contributed by atoms with Crippen molar-refractivity contribution >= 4 is 29.6 Å². The summed E-state index contributed by atoms with van der Waals surface area (Å²) in [7, 11) is 0. The van der Waals surface area contributed by atoms with E-state index in [0.29, 0.717) is 17.5 Å². The molecule has 2 aromatic carbocycles. The summed E-state index contributed by atoms with van der Waals surface area (Å²) in [6, 6.07) is 13.5. The van der Waals surface area contributed by atoms with Gasteiger partial charge in [-0.3, -0.25) is 24.1 Å². The number of fused-ring (bicyclic) bond motifs is 1. The standard InChI is InChI=1S/C27H31N3O6/c1-17(2)15-21(24(32)29-22(27(35)36)16-18-9-4-3-5-10-18)28-23(31)13-8-14-30-25(33)19-11-6-7-12-20(19)26(30)34/h3-7,9-12,17,21-22H,8,13-16H2,1-2H3,(H,28,31)(H,29,32)(H,35,36)/t21-,22-/m0/s1. The third-order valence-electron chi connectivity index (χ3n) is 5.92. The van der Waals surface area contributed by atoms with Crippen LogP contribution in [0.1, 0.15) is 59.4 Å². The number of amides is 4. The maximum Gasteiger partial charge on any atom is 0.326 e. The van der Waals surface area contributed by atoms with Crippen LogP contribution >= 0.6 is 0 Å². The van der Waals surface area contributed by atoms with E-state index in [1.165, 1.54) is 0 Å². The zero-order valence-electron chi connectivity index (χ0n) is 20.4. The Balaban J connectivity index is 1.55. The Morgan fingerprint density at radius 2 is 1.44 bits per heavy atom. The molecule has 0 unspecified atom stereocenters. The summed E-state index contributed by atoms with van der Waals surface area (Å²) in [5, 5.41) is 14.8. The van der Waals surface area contributed by atoms with Gasteiger partial charge in [-0.15, -0.1) is 0 Å². The molecule has 1 aliphatic rings. The van der Waals surface area contributed by atoms with Crippen LogP contribution < -0.4 is 10.6 Å². The summed E-state index contributed by atoms with van der Waals surface area (Å²) in [6.45, 7) is 3.87. The lowest BCUT2D eigenvalue weighted by Gasteiger charge is -2.23. The Morgan fingerprint density at radius 1 is 0.861 bits per heavy atom. The minimum Gasteiger partial charge on any atom is -0.480 e. The largest absolute Gasteiger partial charge is 0.480 e. The van der Waals surface area contributed by atoms with E-state index in [0.717, 1.165) is 10.5 Å². The minimum atomic E-state index is -1.16. The van der Waals surface area contributed by atoms with Gasteiger partial charge < -0.3 is 15.7 Å². The van der Waals surface area contributed by atoms with Crippen molar-refractivity contribution < 1.29 is 29.1 Å². The van der Waals surface area contributed by atoms with Crippen LogP contribution in [-0.2, 0) is 20.8 Å². The van der Waals surface area contributed by atoms with Gasteiger partial charge in [0.25, 0.3) is 11.8 Å². The van der Waals surface area contributed by atoms with Crippen LogP contribution in [-0.4, -0.2) is 58.2 Å². The van der Waals surface area contributed by atoms with Crippen molar-refractivity contribution in [1.29, 1.82) is 0 Å². The molecule has 3 N–H and O–H groups in total. The first kappa shape index (κ1) is 26.6. The fourth-order valence-corrected chi connectivity index (χ4v) is 4.13.